The summed E-state index contributed by atoms with van der Waals surface area (Å²) in [5.74, 6) is -0.741. The molecule has 0 aliphatic rings. The first-order valence-corrected chi connectivity index (χ1v) is 7.68. The summed E-state index contributed by atoms with van der Waals surface area (Å²) in [4.78, 5) is 10.8. The third-order valence-electron chi connectivity index (χ3n) is 3.75. The molecule has 0 heterocycles. The molecule has 0 aliphatic carbocycles. The van der Waals surface area contributed by atoms with Gasteiger partial charge in [0.1, 0.15) is 0 Å². The summed E-state index contributed by atoms with van der Waals surface area (Å²) in [6.45, 7) is 2.83. The predicted octanol–water partition coefficient (Wildman–Crippen LogP) is 3.56. The number of aryl methyl sites for hydroxylation is 1. The van der Waals surface area contributed by atoms with E-state index in [9.17, 15) is 4.79 Å². The van der Waals surface area contributed by atoms with Gasteiger partial charge in [0.25, 0.3) is 0 Å². The number of carbonyl (C=O) groups is 1. The summed E-state index contributed by atoms with van der Waals surface area (Å²) in [5, 5.41) is 12.4. The van der Waals surface area contributed by atoms with Crippen molar-refractivity contribution in [2.75, 3.05) is 0 Å². The van der Waals surface area contributed by atoms with Crippen LogP contribution in [0.15, 0.2) is 54.6 Å². The van der Waals surface area contributed by atoms with Gasteiger partial charge in [0.2, 0.25) is 0 Å². The van der Waals surface area contributed by atoms with Crippen molar-refractivity contribution < 1.29 is 9.90 Å². The fourth-order valence-corrected chi connectivity index (χ4v) is 2.44. The Labute approximate surface area is 132 Å². The van der Waals surface area contributed by atoms with E-state index in [0.717, 1.165) is 13.0 Å². The van der Waals surface area contributed by atoms with Crippen LogP contribution in [-0.2, 0) is 17.8 Å². The van der Waals surface area contributed by atoms with Crippen LogP contribution in [0.3, 0.4) is 0 Å². The molecule has 0 aliphatic heterocycles. The number of nitrogens with one attached hydrogen (secondary N) is 1. The zero-order chi connectivity index (χ0) is 15.8. The highest BCUT2D eigenvalue weighted by Crippen LogP contribution is 2.10. The average molecular weight is 297 g/mol. The minimum absolute atomic E-state index is 0.166. The Morgan fingerprint density at radius 3 is 2.36 bits per heavy atom. The molecule has 2 N–H and O–H groups in total. The maximum Gasteiger partial charge on any atom is 0.303 e. The third kappa shape index (κ3) is 5.70. The molecule has 0 fully saturated rings. The Kier molecular flexibility index (Phi) is 6.16. The number of rotatable bonds is 8. The molecular weight excluding hydrogens is 274 g/mol. The molecule has 1 atom stereocenters. The van der Waals surface area contributed by atoms with E-state index in [-0.39, 0.29) is 12.5 Å². The first-order valence-electron chi connectivity index (χ1n) is 7.68. The van der Waals surface area contributed by atoms with E-state index in [1.807, 2.05) is 18.2 Å². The van der Waals surface area contributed by atoms with Crippen LogP contribution in [0.5, 0.6) is 0 Å². The van der Waals surface area contributed by atoms with Crippen molar-refractivity contribution >= 4 is 5.97 Å². The van der Waals surface area contributed by atoms with E-state index in [0.29, 0.717) is 6.42 Å². The zero-order valence-electron chi connectivity index (χ0n) is 13.0. The molecule has 1 unspecified atom stereocenters. The summed E-state index contributed by atoms with van der Waals surface area (Å²) < 4.78 is 0. The van der Waals surface area contributed by atoms with Crippen molar-refractivity contribution in [3.8, 4) is 0 Å². The van der Waals surface area contributed by atoms with Gasteiger partial charge in [-0.15, -0.1) is 0 Å². The zero-order valence-corrected chi connectivity index (χ0v) is 13.0. The minimum atomic E-state index is -0.741. The van der Waals surface area contributed by atoms with Gasteiger partial charge in [-0.25, -0.2) is 0 Å². The maximum atomic E-state index is 10.8. The Hall–Kier alpha value is -2.13. The van der Waals surface area contributed by atoms with Crippen molar-refractivity contribution in [3.63, 3.8) is 0 Å². The molecule has 3 nitrogen and oxygen atoms in total. The van der Waals surface area contributed by atoms with Gasteiger partial charge in [-0.1, -0.05) is 60.2 Å². The first kappa shape index (κ1) is 16.2. The maximum absolute atomic E-state index is 10.8. The third-order valence-corrected chi connectivity index (χ3v) is 3.75. The monoisotopic (exact) mass is 297 g/mol. The molecule has 0 aromatic heterocycles. The highest BCUT2D eigenvalue weighted by atomic mass is 16.4. The fraction of sp³-hybridized carbons (Fsp3) is 0.316. The van der Waals surface area contributed by atoms with Crippen LogP contribution in [0.2, 0.25) is 0 Å². The Morgan fingerprint density at radius 2 is 1.73 bits per heavy atom. The highest BCUT2D eigenvalue weighted by molar-refractivity contribution is 5.66. The SMILES string of the molecule is Cc1ccc(CNC(CCC(=O)O)Cc2ccccc2)cc1. The quantitative estimate of drug-likeness (QED) is 0.783. The molecule has 0 radical (unpaired) electrons. The van der Waals surface area contributed by atoms with Gasteiger partial charge in [-0.2, -0.15) is 0 Å². The second-order valence-electron chi connectivity index (χ2n) is 5.69. The molecule has 0 spiro atoms. The molecule has 3 heteroatoms. The van der Waals surface area contributed by atoms with Gasteiger partial charge >= 0.3 is 5.97 Å². The summed E-state index contributed by atoms with van der Waals surface area (Å²) in [6, 6.07) is 18.8. The molecule has 2 rings (SSSR count). The molecule has 2 aromatic rings. The van der Waals surface area contributed by atoms with Crippen LogP contribution in [-0.4, -0.2) is 17.1 Å². The Morgan fingerprint density at radius 1 is 1.05 bits per heavy atom. The van der Waals surface area contributed by atoms with Crippen LogP contribution in [0, 0.1) is 6.92 Å². The van der Waals surface area contributed by atoms with Gasteiger partial charge in [-0.3, -0.25) is 4.79 Å². The standard InChI is InChI=1S/C19H23NO2/c1-15-7-9-17(10-8-15)14-20-18(11-12-19(21)22)13-16-5-3-2-4-6-16/h2-10,18,20H,11-14H2,1H3,(H,21,22). The van der Waals surface area contributed by atoms with Crippen LogP contribution < -0.4 is 5.32 Å². The molecule has 22 heavy (non-hydrogen) atoms. The largest absolute Gasteiger partial charge is 0.481 e. The number of hydrogen-bond donors (Lipinski definition) is 2. The molecule has 0 bridgehead atoms. The number of benzene rings is 2. The molecule has 2 aromatic carbocycles. The van der Waals surface area contributed by atoms with E-state index in [1.165, 1.54) is 16.7 Å². The number of carboxylic acids is 1. The predicted molar refractivity (Wildman–Crippen MR) is 88.8 cm³/mol. The Bertz CT molecular complexity index is 578. The summed E-state index contributed by atoms with van der Waals surface area (Å²) in [5.41, 5.74) is 3.70. The van der Waals surface area contributed by atoms with Crippen molar-refractivity contribution in [1.82, 2.24) is 5.32 Å². The highest BCUT2D eigenvalue weighted by Gasteiger charge is 2.11. The normalized spacial score (nSPS) is 12.0. The van der Waals surface area contributed by atoms with Crippen LogP contribution >= 0.6 is 0 Å². The van der Waals surface area contributed by atoms with Crippen molar-refractivity contribution in [2.24, 2.45) is 0 Å². The number of carboxylic acid groups (broad SMARTS) is 1. The first-order chi connectivity index (χ1) is 10.6. The lowest BCUT2D eigenvalue weighted by molar-refractivity contribution is -0.137. The summed E-state index contributed by atoms with van der Waals surface area (Å²) in [6.07, 6.45) is 1.68. The second-order valence-corrected chi connectivity index (χ2v) is 5.69. The van der Waals surface area contributed by atoms with Crippen molar-refractivity contribution in [1.29, 1.82) is 0 Å². The van der Waals surface area contributed by atoms with Crippen LogP contribution in [0.25, 0.3) is 0 Å². The summed E-state index contributed by atoms with van der Waals surface area (Å²) >= 11 is 0. The molecule has 116 valence electrons. The van der Waals surface area contributed by atoms with Gasteiger partial charge in [0.05, 0.1) is 0 Å². The Balaban J connectivity index is 1.94. The van der Waals surface area contributed by atoms with Crippen molar-refractivity contribution in [3.05, 3.63) is 71.3 Å². The van der Waals surface area contributed by atoms with E-state index in [2.05, 4.69) is 48.6 Å². The lowest BCUT2D eigenvalue weighted by Gasteiger charge is -2.18. The minimum Gasteiger partial charge on any atom is -0.481 e. The van der Waals surface area contributed by atoms with E-state index in [1.54, 1.807) is 0 Å². The molecule has 0 amide bonds. The van der Waals surface area contributed by atoms with E-state index in [4.69, 9.17) is 5.11 Å². The van der Waals surface area contributed by atoms with Crippen molar-refractivity contribution in [2.45, 2.75) is 38.8 Å². The number of aliphatic carboxylic acids is 1. The van der Waals surface area contributed by atoms with Gasteiger partial charge < -0.3 is 10.4 Å². The van der Waals surface area contributed by atoms with Crippen LogP contribution in [0.1, 0.15) is 29.5 Å². The smallest absolute Gasteiger partial charge is 0.303 e. The van der Waals surface area contributed by atoms with E-state index >= 15 is 0 Å². The molecule has 0 saturated heterocycles. The fourth-order valence-electron chi connectivity index (χ4n) is 2.44. The molecule has 0 saturated carbocycles. The lowest BCUT2D eigenvalue weighted by Crippen LogP contribution is -2.31. The topological polar surface area (TPSA) is 49.3 Å². The van der Waals surface area contributed by atoms with Gasteiger partial charge in [0, 0.05) is 19.0 Å². The van der Waals surface area contributed by atoms with Gasteiger partial charge in [-0.05, 0) is 30.9 Å². The number of hydrogen-bond acceptors (Lipinski definition) is 2. The second kappa shape index (κ2) is 8.35. The lowest BCUT2D eigenvalue weighted by atomic mass is 10.0. The van der Waals surface area contributed by atoms with Gasteiger partial charge in [0.15, 0.2) is 0 Å². The average Bonchev–Trinajstić information content (AvgIpc) is 2.52. The molecular formula is C19H23NO2. The van der Waals surface area contributed by atoms with E-state index < -0.39 is 5.97 Å². The van der Waals surface area contributed by atoms with Crippen LogP contribution in [0.4, 0.5) is 0 Å². The summed E-state index contributed by atoms with van der Waals surface area (Å²) in [7, 11) is 0.